The third-order valence-electron chi connectivity index (χ3n) is 4.04. The SMILES string of the molecule is CN(CCO)C(=O)C[C@H]1C(=O)NCCN1Cc1ccc(Cl)c(F)c1. The molecule has 0 bridgehead atoms. The van der Waals surface area contributed by atoms with Gasteiger partial charge in [0, 0.05) is 33.2 Å². The number of aliphatic hydroxyl groups is 1. The van der Waals surface area contributed by atoms with E-state index in [1.54, 1.807) is 13.1 Å². The van der Waals surface area contributed by atoms with Crippen LogP contribution in [0.3, 0.4) is 0 Å². The van der Waals surface area contributed by atoms with Gasteiger partial charge in [0.1, 0.15) is 5.82 Å². The summed E-state index contributed by atoms with van der Waals surface area (Å²) in [4.78, 5) is 27.6. The maximum Gasteiger partial charge on any atom is 0.237 e. The number of likely N-dealkylation sites (N-methyl/N-ethyl adjacent to an activating group) is 1. The zero-order valence-electron chi connectivity index (χ0n) is 13.5. The standard InChI is InChI=1S/C16H21ClFN3O3/c1-20(6-7-22)15(23)9-14-16(24)19-4-5-21(14)10-11-2-3-12(17)13(18)8-11/h2-3,8,14,22H,4-7,9-10H2,1H3,(H,19,24)/t14-/m0/s1. The molecule has 8 heteroatoms. The minimum Gasteiger partial charge on any atom is -0.395 e. The van der Waals surface area contributed by atoms with E-state index in [-0.39, 0.29) is 36.4 Å². The molecule has 6 nitrogen and oxygen atoms in total. The number of piperazine rings is 1. The van der Waals surface area contributed by atoms with E-state index in [1.165, 1.54) is 17.0 Å². The van der Waals surface area contributed by atoms with Crippen LogP contribution in [0.4, 0.5) is 4.39 Å². The van der Waals surface area contributed by atoms with Crippen molar-refractivity contribution < 1.29 is 19.1 Å². The van der Waals surface area contributed by atoms with Gasteiger partial charge in [0.05, 0.1) is 24.1 Å². The van der Waals surface area contributed by atoms with Crippen molar-refractivity contribution in [2.75, 3.05) is 33.3 Å². The fraction of sp³-hybridized carbons (Fsp3) is 0.500. The number of hydrogen-bond acceptors (Lipinski definition) is 4. The van der Waals surface area contributed by atoms with E-state index in [9.17, 15) is 14.0 Å². The maximum absolute atomic E-state index is 13.6. The molecule has 1 saturated heterocycles. The van der Waals surface area contributed by atoms with Crippen LogP contribution >= 0.6 is 11.6 Å². The number of halogens is 2. The van der Waals surface area contributed by atoms with Crippen molar-refractivity contribution in [1.29, 1.82) is 0 Å². The molecule has 0 unspecified atom stereocenters. The molecule has 1 aliphatic rings. The Labute approximate surface area is 145 Å². The zero-order valence-corrected chi connectivity index (χ0v) is 14.2. The molecular formula is C16H21ClFN3O3. The van der Waals surface area contributed by atoms with Crippen LogP contribution in [0.2, 0.25) is 5.02 Å². The second-order valence-corrected chi connectivity index (χ2v) is 6.18. The summed E-state index contributed by atoms with van der Waals surface area (Å²) in [5.74, 6) is -0.953. The minimum atomic E-state index is -0.619. The summed E-state index contributed by atoms with van der Waals surface area (Å²) < 4.78 is 13.6. The number of amides is 2. The van der Waals surface area contributed by atoms with Crippen molar-refractivity contribution in [3.8, 4) is 0 Å². The van der Waals surface area contributed by atoms with Gasteiger partial charge in [0.25, 0.3) is 0 Å². The molecule has 1 aromatic rings. The summed E-state index contributed by atoms with van der Waals surface area (Å²) in [5.41, 5.74) is 0.688. The molecule has 1 fully saturated rings. The van der Waals surface area contributed by atoms with Crippen LogP contribution in [0.25, 0.3) is 0 Å². The smallest absolute Gasteiger partial charge is 0.237 e. The number of benzene rings is 1. The first-order valence-corrected chi connectivity index (χ1v) is 8.10. The van der Waals surface area contributed by atoms with Gasteiger partial charge in [-0.15, -0.1) is 0 Å². The van der Waals surface area contributed by atoms with Gasteiger partial charge in [-0.1, -0.05) is 17.7 Å². The fourth-order valence-electron chi connectivity index (χ4n) is 2.64. The second kappa shape index (κ2) is 8.41. The highest BCUT2D eigenvalue weighted by molar-refractivity contribution is 6.30. The molecule has 1 aromatic carbocycles. The lowest BCUT2D eigenvalue weighted by Gasteiger charge is -2.35. The van der Waals surface area contributed by atoms with E-state index >= 15 is 0 Å². The zero-order chi connectivity index (χ0) is 17.7. The lowest BCUT2D eigenvalue weighted by molar-refractivity contribution is -0.138. The summed E-state index contributed by atoms with van der Waals surface area (Å²) in [5, 5.41) is 11.7. The predicted octanol–water partition coefficient (Wildman–Crippen LogP) is 0.620. The molecule has 0 spiro atoms. The number of nitrogens with zero attached hydrogens (tertiary/aromatic N) is 2. The van der Waals surface area contributed by atoms with Gasteiger partial charge in [-0.2, -0.15) is 0 Å². The lowest BCUT2D eigenvalue weighted by atomic mass is 10.1. The summed E-state index contributed by atoms with van der Waals surface area (Å²) in [7, 11) is 1.58. The van der Waals surface area contributed by atoms with Gasteiger partial charge in [-0.05, 0) is 17.7 Å². The Kier molecular flexibility index (Phi) is 6.53. The number of carbonyl (C=O) groups is 2. The van der Waals surface area contributed by atoms with E-state index in [0.717, 1.165) is 0 Å². The Morgan fingerprint density at radius 3 is 2.96 bits per heavy atom. The molecule has 2 amide bonds. The maximum atomic E-state index is 13.6. The molecule has 0 radical (unpaired) electrons. The number of carbonyl (C=O) groups excluding carboxylic acids is 2. The van der Waals surface area contributed by atoms with Crippen LogP contribution in [0.1, 0.15) is 12.0 Å². The molecule has 1 atom stereocenters. The Morgan fingerprint density at radius 2 is 2.29 bits per heavy atom. The van der Waals surface area contributed by atoms with E-state index < -0.39 is 11.9 Å². The first-order valence-electron chi connectivity index (χ1n) is 7.73. The highest BCUT2D eigenvalue weighted by Gasteiger charge is 2.32. The molecule has 1 aliphatic heterocycles. The van der Waals surface area contributed by atoms with E-state index in [1.807, 2.05) is 4.90 Å². The third-order valence-corrected chi connectivity index (χ3v) is 4.35. The Morgan fingerprint density at radius 1 is 1.54 bits per heavy atom. The van der Waals surface area contributed by atoms with Crippen LogP contribution in [-0.4, -0.2) is 66.1 Å². The average molecular weight is 358 g/mol. The summed E-state index contributed by atoms with van der Waals surface area (Å²) in [6.45, 7) is 1.48. The predicted molar refractivity (Wildman–Crippen MR) is 88.0 cm³/mol. The number of aliphatic hydroxyl groups excluding tert-OH is 1. The van der Waals surface area contributed by atoms with Gasteiger partial charge in [0.2, 0.25) is 11.8 Å². The monoisotopic (exact) mass is 357 g/mol. The molecule has 132 valence electrons. The van der Waals surface area contributed by atoms with Crippen molar-refractivity contribution in [3.63, 3.8) is 0 Å². The van der Waals surface area contributed by atoms with Gasteiger partial charge in [0.15, 0.2) is 0 Å². The number of hydrogen-bond donors (Lipinski definition) is 2. The van der Waals surface area contributed by atoms with Crippen molar-refractivity contribution in [2.45, 2.75) is 19.0 Å². The summed E-state index contributed by atoms with van der Waals surface area (Å²) >= 11 is 5.69. The van der Waals surface area contributed by atoms with E-state index in [2.05, 4.69) is 5.32 Å². The minimum absolute atomic E-state index is 0.0123. The molecular weight excluding hydrogens is 337 g/mol. The average Bonchev–Trinajstić information content (AvgIpc) is 2.54. The van der Waals surface area contributed by atoms with Crippen LogP contribution in [0.15, 0.2) is 18.2 Å². The lowest BCUT2D eigenvalue weighted by Crippen LogP contribution is -2.56. The highest BCUT2D eigenvalue weighted by atomic mass is 35.5. The highest BCUT2D eigenvalue weighted by Crippen LogP contribution is 2.19. The Hall–Kier alpha value is -1.70. The molecule has 0 saturated carbocycles. The molecule has 0 aliphatic carbocycles. The van der Waals surface area contributed by atoms with Crippen molar-refractivity contribution in [3.05, 3.63) is 34.6 Å². The van der Waals surface area contributed by atoms with Gasteiger partial charge in [-0.3, -0.25) is 14.5 Å². The Bertz CT molecular complexity index is 614. The normalized spacial score (nSPS) is 18.3. The first kappa shape index (κ1) is 18.6. The second-order valence-electron chi connectivity index (χ2n) is 5.77. The number of nitrogens with one attached hydrogen (secondary N) is 1. The molecule has 0 aromatic heterocycles. The summed E-state index contributed by atoms with van der Waals surface area (Å²) in [6, 6.07) is 3.90. The van der Waals surface area contributed by atoms with Crippen LogP contribution < -0.4 is 5.32 Å². The fourth-order valence-corrected chi connectivity index (χ4v) is 2.76. The third kappa shape index (κ3) is 4.66. The van der Waals surface area contributed by atoms with Crippen LogP contribution in [0.5, 0.6) is 0 Å². The van der Waals surface area contributed by atoms with Crippen molar-refractivity contribution in [2.24, 2.45) is 0 Å². The van der Waals surface area contributed by atoms with Crippen molar-refractivity contribution >= 4 is 23.4 Å². The van der Waals surface area contributed by atoms with Gasteiger partial charge >= 0.3 is 0 Å². The molecule has 2 rings (SSSR count). The van der Waals surface area contributed by atoms with Gasteiger partial charge in [-0.25, -0.2) is 4.39 Å². The molecule has 1 heterocycles. The summed E-state index contributed by atoms with van der Waals surface area (Å²) in [6.07, 6.45) is 0.0123. The van der Waals surface area contributed by atoms with E-state index in [4.69, 9.17) is 16.7 Å². The van der Waals surface area contributed by atoms with Gasteiger partial charge < -0.3 is 15.3 Å². The first-order chi connectivity index (χ1) is 11.4. The van der Waals surface area contributed by atoms with Crippen LogP contribution in [-0.2, 0) is 16.1 Å². The topological polar surface area (TPSA) is 72.9 Å². The quantitative estimate of drug-likeness (QED) is 0.783. The van der Waals surface area contributed by atoms with Crippen LogP contribution in [0, 0.1) is 5.82 Å². The number of rotatable bonds is 6. The largest absolute Gasteiger partial charge is 0.395 e. The van der Waals surface area contributed by atoms with Crippen molar-refractivity contribution in [1.82, 2.24) is 15.1 Å². The molecule has 24 heavy (non-hydrogen) atoms. The van der Waals surface area contributed by atoms with E-state index in [0.29, 0.717) is 25.2 Å². The molecule has 2 N–H and O–H groups in total. The Balaban J connectivity index is 2.09.